The van der Waals surface area contributed by atoms with Gasteiger partial charge in [0.2, 0.25) is 0 Å². The number of rotatable bonds is 5. The van der Waals surface area contributed by atoms with Crippen molar-refractivity contribution in [1.82, 2.24) is 9.80 Å². The van der Waals surface area contributed by atoms with Crippen molar-refractivity contribution < 1.29 is 9.47 Å². The molecule has 3 aliphatic rings. The molecule has 0 aromatic rings. The van der Waals surface area contributed by atoms with Crippen LogP contribution in [-0.2, 0) is 9.47 Å². The van der Waals surface area contributed by atoms with Gasteiger partial charge in [-0.3, -0.25) is 9.80 Å². The zero-order valence-corrected chi connectivity index (χ0v) is 13.1. The third-order valence-corrected chi connectivity index (χ3v) is 5.29. The summed E-state index contributed by atoms with van der Waals surface area (Å²) < 4.78 is 11.5. The molecule has 0 aromatic carbocycles. The molecule has 0 spiro atoms. The molecule has 0 N–H and O–H groups in total. The van der Waals surface area contributed by atoms with E-state index in [4.69, 9.17) is 9.47 Å². The summed E-state index contributed by atoms with van der Waals surface area (Å²) >= 11 is 0. The second-order valence-corrected chi connectivity index (χ2v) is 6.99. The van der Waals surface area contributed by atoms with Crippen LogP contribution in [0.5, 0.6) is 0 Å². The number of hydrogen-bond acceptors (Lipinski definition) is 4. The molecule has 116 valence electrons. The molecule has 0 radical (unpaired) electrons. The average molecular weight is 282 g/mol. The maximum Gasteiger partial charge on any atom is 0.0654 e. The van der Waals surface area contributed by atoms with Crippen LogP contribution in [0.15, 0.2) is 0 Å². The lowest BCUT2D eigenvalue weighted by Gasteiger charge is -2.38. The van der Waals surface area contributed by atoms with Gasteiger partial charge in [-0.25, -0.2) is 0 Å². The molecule has 3 saturated heterocycles. The van der Waals surface area contributed by atoms with Crippen LogP contribution in [-0.4, -0.2) is 73.5 Å². The quantitative estimate of drug-likeness (QED) is 0.767. The minimum atomic E-state index is 0.352. The van der Waals surface area contributed by atoms with Crippen molar-refractivity contribution >= 4 is 0 Å². The number of nitrogens with zero attached hydrogens (tertiary/aromatic N) is 2. The Morgan fingerprint density at radius 1 is 1.20 bits per heavy atom. The van der Waals surface area contributed by atoms with E-state index in [0.717, 1.165) is 39.0 Å². The van der Waals surface area contributed by atoms with Crippen LogP contribution in [0.1, 0.15) is 39.5 Å². The number of fused-ring (bicyclic) bond motifs is 1. The Morgan fingerprint density at radius 2 is 2.00 bits per heavy atom. The Morgan fingerprint density at radius 3 is 2.75 bits per heavy atom. The zero-order valence-electron chi connectivity index (χ0n) is 13.1. The Kier molecular flexibility index (Phi) is 4.65. The molecule has 3 rings (SSSR count). The predicted molar refractivity (Wildman–Crippen MR) is 80.0 cm³/mol. The van der Waals surface area contributed by atoms with Crippen LogP contribution in [0.25, 0.3) is 0 Å². The fraction of sp³-hybridized carbons (Fsp3) is 1.00. The molecule has 0 aromatic heterocycles. The molecule has 0 bridgehead atoms. The lowest BCUT2D eigenvalue weighted by Crippen LogP contribution is -2.50. The molecule has 3 heterocycles. The molecule has 3 fully saturated rings. The summed E-state index contributed by atoms with van der Waals surface area (Å²) in [5.41, 5.74) is 0.362. The molecular formula is C16H30N2O2. The van der Waals surface area contributed by atoms with Gasteiger partial charge in [-0.2, -0.15) is 0 Å². The summed E-state index contributed by atoms with van der Waals surface area (Å²) in [6, 6.07) is 0.742. The van der Waals surface area contributed by atoms with Crippen molar-refractivity contribution in [2.75, 3.05) is 46.0 Å². The fourth-order valence-corrected chi connectivity index (χ4v) is 4.21. The standard InChI is InChI=1S/C16H30N2O2/c1-14(2)20-13-16-5-3-7-18(16)15(4-6-16)12-17-8-10-19-11-9-17/h14-15H,3-13H2,1-2H3/t15-,16?/m1/s1. The van der Waals surface area contributed by atoms with Crippen LogP contribution < -0.4 is 0 Å². The summed E-state index contributed by atoms with van der Waals surface area (Å²) in [4.78, 5) is 5.37. The first-order chi connectivity index (χ1) is 9.70. The molecular weight excluding hydrogens is 252 g/mol. The number of hydrogen-bond donors (Lipinski definition) is 0. The highest BCUT2D eigenvalue weighted by molar-refractivity contribution is 5.05. The normalized spacial score (nSPS) is 35.9. The average Bonchev–Trinajstić information content (AvgIpc) is 2.99. The van der Waals surface area contributed by atoms with E-state index in [-0.39, 0.29) is 0 Å². The first-order valence-electron chi connectivity index (χ1n) is 8.38. The molecule has 0 aliphatic carbocycles. The van der Waals surface area contributed by atoms with E-state index < -0.39 is 0 Å². The number of ether oxygens (including phenoxy) is 2. The minimum absolute atomic E-state index is 0.352. The molecule has 0 amide bonds. The Balaban J connectivity index is 1.58. The van der Waals surface area contributed by atoms with Gasteiger partial charge in [-0.15, -0.1) is 0 Å². The second-order valence-electron chi connectivity index (χ2n) is 6.99. The van der Waals surface area contributed by atoms with Crippen LogP contribution in [0, 0.1) is 0 Å². The van der Waals surface area contributed by atoms with E-state index in [9.17, 15) is 0 Å². The van der Waals surface area contributed by atoms with Crippen molar-refractivity contribution in [2.24, 2.45) is 0 Å². The van der Waals surface area contributed by atoms with E-state index in [1.807, 2.05) is 0 Å². The van der Waals surface area contributed by atoms with Crippen molar-refractivity contribution in [2.45, 2.75) is 57.2 Å². The molecule has 4 nitrogen and oxygen atoms in total. The monoisotopic (exact) mass is 282 g/mol. The van der Waals surface area contributed by atoms with Gasteiger partial charge in [0.1, 0.15) is 0 Å². The van der Waals surface area contributed by atoms with E-state index >= 15 is 0 Å². The third kappa shape index (κ3) is 3.03. The lowest BCUT2D eigenvalue weighted by atomic mass is 9.95. The summed E-state index contributed by atoms with van der Waals surface area (Å²) in [5.74, 6) is 0. The molecule has 2 atom stereocenters. The second kappa shape index (κ2) is 6.30. The number of morpholine rings is 1. The smallest absolute Gasteiger partial charge is 0.0654 e. The fourth-order valence-electron chi connectivity index (χ4n) is 4.21. The van der Waals surface area contributed by atoms with Crippen molar-refractivity contribution in [3.05, 3.63) is 0 Å². The first-order valence-corrected chi connectivity index (χ1v) is 8.38. The van der Waals surface area contributed by atoms with Crippen molar-refractivity contribution in [3.8, 4) is 0 Å². The first kappa shape index (κ1) is 14.8. The Bertz CT molecular complexity index is 318. The molecule has 20 heavy (non-hydrogen) atoms. The molecule has 1 unspecified atom stereocenters. The molecule has 0 saturated carbocycles. The third-order valence-electron chi connectivity index (χ3n) is 5.29. The summed E-state index contributed by atoms with van der Waals surface area (Å²) in [7, 11) is 0. The van der Waals surface area contributed by atoms with Crippen LogP contribution in [0.3, 0.4) is 0 Å². The van der Waals surface area contributed by atoms with Crippen LogP contribution in [0.2, 0.25) is 0 Å². The zero-order chi connectivity index (χ0) is 14.0. The highest BCUT2D eigenvalue weighted by Crippen LogP contribution is 2.43. The van der Waals surface area contributed by atoms with E-state index in [1.54, 1.807) is 0 Å². The Hall–Kier alpha value is -0.160. The van der Waals surface area contributed by atoms with E-state index in [2.05, 4.69) is 23.6 Å². The maximum absolute atomic E-state index is 5.99. The predicted octanol–water partition coefficient (Wildman–Crippen LogP) is 1.74. The van der Waals surface area contributed by atoms with Gasteiger partial charge in [0.25, 0.3) is 0 Å². The van der Waals surface area contributed by atoms with Gasteiger partial charge in [-0.05, 0) is 46.1 Å². The van der Waals surface area contributed by atoms with Crippen LogP contribution >= 0.6 is 0 Å². The van der Waals surface area contributed by atoms with Crippen LogP contribution in [0.4, 0.5) is 0 Å². The largest absolute Gasteiger partial charge is 0.379 e. The molecule has 4 heteroatoms. The van der Waals surface area contributed by atoms with E-state index in [1.165, 1.54) is 38.8 Å². The molecule has 3 aliphatic heterocycles. The highest BCUT2D eigenvalue weighted by atomic mass is 16.5. The highest BCUT2D eigenvalue weighted by Gasteiger charge is 2.49. The van der Waals surface area contributed by atoms with Gasteiger partial charge >= 0.3 is 0 Å². The van der Waals surface area contributed by atoms with Crippen molar-refractivity contribution in [3.63, 3.8) is 0 Å². The van der Waals surface area contributed by atoms with Gasteiger partial charge in [0, 0.05) is 31.2 Å². The SMILES string of the molecule is CC(C)OCC12CCCN1[C@@H](CN1CCOCC1)CC2. The van der Waals surface area contributed by atoms with Crippen molar-refractivity contribution in [1.29, 1.82) is 0 Å². The Labute approximate surface area is 123 Å². The lowest BCUT2D eigenvalue weighted by molar-refractivity contribution is -0.0147. The summed E-state index contributed by atoms with van der Waals surface area (Å²) in [6.45, 7) is 11.8. The maximum atomic E-state index is 5.99. The van der Waals surface area contributed by atoms with Gasteiger partial charge < -0.3 is 9.47 Å². The van der Waals surface area contributed by atoms with Gasteiger partial charge in [-0.1, -0.05) is 0 Å². The van der Waals surface area contributed by atoms with E-state index in [0.29, 0.717) is 11.6 Å². The minimum Gasteiger partial charge on any atom is -0.379 e. The van der Waals surface area contributed by atoms with Gasteiger partial charge in [0.05, 0.1) is 25.9 Å². The van der Waals surface area contributed by atoms with Gasteiger partial charge in [0.15, 0.2) is 0 Å². The summed E-state index contributed by atoms with van der Waals surface area (Å²) in [5, 5.41) is 0. The topological polar surface area (TPSA) is 24.9 Å². The summed E-state index contributed by atoms with van der Waals surface area (Å²) in [6.07, 6.45) is 5.71.